The molecule has 3 aromatic rings. The summed E-state index contributed by atoms with van der Waals surface area (Å²) in [6, 6.07) is 15.5. The van der Waals surface area contributed by atoms with E-state index in [0.29, 0.717) is 44.6 Å². The fourth-order valence-corrected chi connectivity index (χ4v) is 4.79. The molecule has 10 heteroatoms. The van der Waals surface area contributed by atoms with Gasteiger partial charge in [0.1, 0.15) is 29.5 Å². The van der Waals surface area contributed by atoms with Gasteiger partial charge in [0.25, 0.3) is 5.91 Å². The number of benzene rings is 3. The van der Waals surface area contributed by atoms with Crippen molar-refractivity contribution in [2.75, 3.05) is 26.2 Å². The number of fused-ring (bicyclic) bond motifs is 1. The largest absolute Gasteiger partial charge is 0.497 e. The van der Waals surface area contributed by atoms with Gasteiger partial charge in [-0.25, -0.2) is 0 Å². The molecule has 37 heavy (non-hydrogen) atoms. The van der Waals surface area contributed by atoms with Gasteiger partial charge < -0.3 is 29.0 Å². The minimum atomic E-state index is -1.31. The molecule has 0 saturated carbocycles. The number of amides is 1. The Morgan fingerprint density at radius 3 is 2.41 bits per heavy atom. The Kier molecular flexibility index (Phi) is 8.12. The molecule has 4 rings (SSSR count). The summed E-state index contributed by atoms with van der Waals surface area (Å²) < 4.78 is 22.4. The molecule has 2 atom stereocenters. The topological polar surface area (TPSA) is 94.5 Å². The number of ether oxygens (including phenoxy) is 4. The van der Waals surface area contributed by atoms with Crippen LogP contribution in [0.5, 0.6) is 17.2 Å². The minimum Gasteiger partial charge on any atom is -0.497 e. The van der Waals surface area contributed by atoms with E-state index >= 15 is 0 Å². The number of carbonyl (C=O) groups is 2. The Morgan fingerprint density at radius 1 is 0.973 bits per heavy atom. The van der Waals surface area contributed by atoms with E-state index < -0.39 is 30.5 Å². The van der Waals surface area contributed by atoms with Crippen LogP contribution in [-0.2, 0) is 20.9 Å². The van der Waals surface area contributed by atoms with Crippen LogP contribution in [0.15, 0.2) is 54.6 Å². The zero-order valence-corrected chi connectivity index (χ0v) is 21.9. The first-order valence-electron chi connectivity index (χ1n) is 11.3. The number of aliphatic carboxylic acids is 1. The predicted molar refractivity (Wildman–Crippen MR) is 139 cm³/mol. The summed E-state index contributed by atoms with van der Waals surface area (Å²) in [5.41, 5.74) is 2.25. The fourth-order valence-electron chi connectivity index (χ4n) is 4.31. The molecule has 8 nitrogen and oxygen atoms in total. The van der Waals surface area contributed by atoms with Crippen LogP contribution in [0.25, 0.3) is 0 Å². The molecule has 1 N–H and O–H groups in total. The summed E-state index contributed by atoms with van der Waals surface area (Å²) in [5, 5.41) is 10.3. The molecule has 0 unspecified atom stereocenters. The molecule has 0 bridgehead atoms. The van der Waals surface area contributed by atoms with E-state index in [1.165, 1.54) is 19.1 Å². The third kappa shape index (κ3) is 5.46. The van der Waals surface area contributed by atoms with Crippen LogP contribution in [0.3, 0.4) is 0 Å². The number of anilines is 1. The van der Waals surface area contributed by atoms with Crippen molar-refractivity contribution in [3.8, 4) is 17.2 Å². The van der Waals surface area contributed by atoms with Crippen molar-refractivity contribution >= 4 is 40.8 Å². The number of halogens is 2. The van der Waals surface area contributed by atoms with E-state index in [1.807, 2.05) is 0 Å². The lowest BCUT2D eigenvalue weighted by Gasteiger charge is -2.26. The van der Waals surface area contributed by atoms with Gasteiger partial charge in [-0.15, -0.1) is 0 Å². The van der Waals surface area contributed by atoms with Crippen molar-refractivity contribution in [1.82, 2.24) is 0 Å². The molecule has 0 spiro atoms. The highest BCUT2D eigenvalue weighted by Crippen LogP contribution is 2.44. The summed E-state index contributed by atoms with van der Waals surface area (Å²) in [6.45, 7) is 0.0820. The van der Waals surface area contributed by atoms with Gasteiger partial charge in [0.2, 0.25) is 0 Å². The van der Waals surface area contributed by atoms with Crippen molar-refractivity contribution in [1.29, 1.82) is 0 Å². The minimum absolute atomic E-state index is 0.0820. The molecule has 194 valence electrons. The van der Waals surface area contributed by atoms with E-state index in [9.17, 15) is 14.7 Å². The number of hydrogen-bond donors (Lipinski definition) is 1. The second-order valence-corrected chi connectivity index (χ2v) is 9.09. The SMILES string of the molecule is COc1ccc(CN2C(=O)[C@@H](CC(=O)O)O[C@H](c3cccc(OC)c3Cl)c3cc(Cl)ccc32)c(OC)c1. The highest BCUT2D eigenvalue weighted by atomic mass is 35.5. The third-order valence-corrected chi connectivity index (χ3v) is 6.72. The van der Waals surface area contributed by atoms with Crippen LogP contribution in [-0.4, -0.2) is 44.4 Å². The molecular formula is C27H25Cl2NO7. The lowest BCUT2D eigenvalue weighted by Crippen LogP contribution is -2.40. The number of carboxylic acids is 1. The van der Waals surface area contributed by atoms with Gasteiger partial charge >= 0.3 is 5.97 Å². The fraction of sp³-hybridized carbons (Fsp3) is 0.259. The Balaban J connectivity index is 1.90. The molecule has 1 aliphatic heterocycles. The van der Waals surface area contributed by atoms with Gasteiger partial charge in [-0.1, -0.05) is 35.3 Å². The van der Waals surface area contributed by atoms with Crippen LogP contribution < -0.4 is 19.1 Å². The zero-order valence-electron chi connectivity index (χ0n) is 20.4. The first-order valence-corrected chi connectivity index (χ1v) is 12.0. The second-order valence-electron chi connectivity index (χ2n) is 8.27. The summed E-state index contributed by atoms with van der Waals surface area (Å²) in [5.74, 6) is -0.188. The van der Waals surface area contributed by atoms with Gasteiger partial charge in [0.15, 0.2) is 0 Å². The summed E-state index contributed by atoms with van der Waals surface area (Å²) in [7, 11) is 4.56. The van der Waals surface area contributed by atoms with Crippen molar-refractivity contribution in [2.24, 2.45) is 0 Å². The van der Waals surface area contributed by atoms with Gasteiger partial charge in [0, 0.05) is 27.8 Å². The van der Waals surface area contributed by atoms with Crippen LogP contribution in [0, 0.1) is 0 Å². The van der Waals surface area contributed by atoms with Crippen LogP contribution in [0.2, 0.25) is 10.0 Å². The van der Waals surface area contributed by atoms with Crippen LogP contribution >= 0.6 is 23.2 Å². The van der Waals surface area contributed by atoms with Crippen LogP contribution in [0.4, 0.5) is 5.69 Å². The van der Waals surface area contributed by atoms with E-state index in [-0.39, 0.29) is 11.6 Å². The maximum absolute atomic E-state index is 13.8. The lowest BCUT2D eigenvalue weighted by molar-refractivity contribution is -0.146. The zero-order chi connectivity index (χ0) is 26.7. The monoisotopic (exact) mass is 545 g/mol. The summed E-state index contributed by atoms with van der Waals surface area (Å²) >= 11 is 13.0. The number of nitrogens with zero attached hydrogens (tertiary/aromatic N) is 1. The quantitative estimate of drug-likeness (QED) is 0.398. The lowest BCUT2D eigenvalue weighted by atomic mass is 9.98. The average molecular weight is 546 g/mol. The van der Waals surface area contributed by atoms with E-state index in [4.69, 9.17) is 42.1 Å². The van der Waals surface area contributed by atoms with Crippen molar-refractivity contribution < 1.29 is 33.6 Å². The molecule has 0 radical (unpaired) electrons. The van der Waals surface area contributed by atoms with E-state index in [1.54, 1.807) is 61.7 Å². The summed E-state index contributed by atoms with van der Waals surface area (Å²) in [6.07, 6.45) is -2.75. The molecular weight excluding hydrogens is 521 g/mol. The van der Waals surface area contributed by atoms with Gasteiger partial charge in [0.05, 0.1) is 45.0 Å². The Labute approximate surface area is 224 Å². The molecule has 0 aliphatic carbocycles. The molecule has 1 heterocycles. The highest BCUT2D eigenvalue weighted by Gasteiger charge is 2.39. The standard InChI is InChI=1S/C27H25Cl2NO7/c1-34-17-9-7-15(22(12-17)36-3)14-30-20-10-8-16(28)11-19(20)26(37-23(27(30)33)13-24(31)32)18-5-4-6-21(35-2)25(18)29/h4-12,23,26H,13-14H2,1-3H3,(H,31,32)/t23-,26-/m1/s1. The number of carbonyl (C=O) groups excluding carboxylic acids is 1. The van der Waals surface area contributed by atoms with Gasteiger partial charge in [-0.3, -0.25) is 9.59 Å². The molecule has 0 aromatic heterocycles. The Bertz CT molecular complexity index is 1330. The molecule has 1 amide bonds. The Morgan fingerprint density at radius 2 is 1.73 bits per heavy atom. The summed E-state index contributed by atoms with van der Waals surface area (Å²) in [4.78, 5) is 27.1. The van der Waals surface area contributed by atoms with E-state index in [0.717, 1.165) is 0 Å². The average Bonchev–Trinajstić information content (AvgIpc) is 2.99. The predicted octanol–water partition coefficient (Wildman–Crippen LogP) is 5.52. The smallest absolute Gasteiger partial charge is 0.306 e. The van der Waals surface area contributed by atoms with Gasteiger partial charge in [-0.2, -0.15) is 0 Å². The van der Waals surface area contributed by atoms with Crippen molar-refractivity contribution in [3.63, 3.8) is 0 Å². The first kappa shape index (κ1) is 26.6. The molecule has 3 aromatic carbocycles. The third-order valence-electron chi connectivity index (χ3n) is 6.08. The normalized spacial score (nSPS) is 17.1. The number of rotatable bonds is 8. The first-order chi connectivity index (χ1) is 17.8. The number of hydrogen-bond acceptors (Lipinski definition) is 6. The molecule has 0 fully saturated rings. The number of methoxy groups -OCH3 is 3. The highest BCUT2D eigenvalue weighted by molar-refractivity contribution is 6.33. The van der Waals surface area contributed by atoms with E-state index in [2.05, 4.69) is 0 Å². The van der Waals surface area contributed by atoms with Crippen LogP contribution in [0.1, 0.15) is 29.2 Å². The second kappa shape index (κ2) is 11.3. The molecule has 1 aliphatic rings. The molecule has 0 saturated heterocycles. The van der Waals surface area contributed by atoms with Crippen molar-refractivity contribution in [2.45, 2.75) is 25.2 Å². The van der Waals surface area contributed by atoms with Gasteiger partial charge in [-0.05, 0) is 36.4 Å². The maximum Gasteiger partial charge on any atom is 0.306 e. The maximum atomic E-state index is 13.8. The van der Waals surface area contributed by atoms with Crippen molar-refractivity contribution in [3.05, 3.63) is 81.3 Å². The number of carboxylic acid groups (broad SMARTS) is 1. The Hall–Kier alpha value is -3.46.